The highest BCUT2D eigenvalue weighted by Gasteiger charge is 2.22. The van der Waals surface area contributed by atoms with Gasteiger partial charge in [0.15, 0.2) is 0 Å². The summed E-state index contributed by atoms with van der Waals surface area (Å²) in [5, 5.41) is 3.11. The van der Waals surface area contributed by atoms with Gasteiger partial charge in [0.1, 0.15) is 23.4 Å². The fourth-order valence-electron chi connectivity index (χ4n) is 3.05. The maximum absolute atomic E-state index is 12.8. The van der Waals surface area contributed by atoms with Gasteiger partial charge in [0.2, 0.25) is 5.91 Å². The molecule has 1 aromatic heterocycles. The molecule has 6 heteroatoms. The maximum atomic E-state index is 12.8. The first-order valence-electron chi connectivity index (χ1n) is 9.05. The standard InChI is InChI=1S/C22H25N3O3/c1-15-5-7-16(8-6-15)11-20(26)24-21(22-23-9-10-25(22)2)17-12-18(27-3)14-19(13-17)28-4/h5-10,12-14,21H,11H2,1-4H3,(H,24,26)/t21-/m0/s1. The van der Waals surface area contributed by atoms with Crippen LogP contribution in [-0.2, 0) is 18.3 Å². The number of imidazole rings is 1. The molecule has 0 aliphatic rings. The summed E-state index contributed by atoms with van der Waals surface area (Å²) in [5.74, 6) is 1.95. The lowest BCUT2D eigenvalue weighted by atomic mass is 10.0. The lowest BCUT2D eigenvalue weighted by Gasteiger charge is -2.20. The number of hydrogen-bond donors (Lipinski definition) is 1. The van der Waals surface area contributed by atoms with Crippen LogP contribution in [0.5, 0.6) is 11.5 Å². The molecule has 3 rings (SSSR count). The third-order valence-corrected chi connectivity index (χ3v) is 4.61. The van der Waals surface area contributed by atoms with Gasteiger partial charge in [0.05, 0.1) is 20.6 Å². The Hall–Kier alpha value is -3.28. The van der Waals surface area contributed by atoms with Crippen molar-refractivity contribution in [3.05, 3.63) is 77.4 Å². The number of methoxy groups -OCH3 is 2. The Balaban J connectivity index is 1.91. The second-order valence-electron chi connectivity index (χ2n) is 6.71. The Morgan fingerprint density at radius 3 is 2.29 bits per heavy atom. The molecule has 6 nitrogen and oxygen atoms in total. The molecule has 1 heterocycles. The Morgan fingerprint density at radius 2 is 1.75 bits per heavy atom. The van der Waals surface area contributed by atoms with Crippen LogP contribution >= 0.6 is 0 Å². The van der Waals surface area contributed by atoms with Gasteiger partial charge < -0.3 is 19.4 Å². The number of nitrogens with zero attached hydrogens (tertiary/aromatic N) is 2. The number of hydrogen-bond acceptors (Lipinski definition) is 4. The zero-order chi connectivity index (χ0) is 20.1. The number of carbonyl (C=O) groups is 1. The number of rotatable bonds is 7. The zero-order valence-corrected chi connectivity index (χ0v) is 16.6. The molecule has 0 bridgehead atoms. The number of aromatic nitrogens is 2. The molecule has 0 radical (unpaired) electrons. The molecule has 146 valence electrons. The summed E-state index contributed by atoms with van der Waals surface area (Å²) >= 11 is 0. The van der Waals surface area contributed by atoms with Crippen molar-refractivity contribution in [1.82, 2.24) is 14.9 Å². The Kier molecular flexibility index (Phi) is 5.99. The first-order chi connectivity index (χ1) is 13.5. The number of benzene rings is 2. The van der Waals surface area contributed by atoms with Crippen LogP contribution in [-0.4, -0.2) is 29.7 Å². The molecule has 0 spiro atoms. The minimum atomic E-state index is -0.429. The van der Waals surface area contributed by atoms with Crippen LogP contribution in [0.15, 0.2) is 54.9 Å². The smallest absolute Gasteiger partial charge is 0.225 e. The average Bonchev–Trinajstić information content (AvgIpc) is 3.13. The molecule has 0 aliphatic heterocycles. The molecule has 0 unspecified atom stereocenters. The highest BCUT2D eigenvalue weighted by atomic mass is 16.5. The molecule has 1 atom stereocenters. The fourth-order valence-corrected chi connectivity index (χ4v) is 3.05. The maximum Gasteiger partial charge on any atom is 0.225 e. The molecule has 28 heavy (non-hydrogen) atoms. The van der Waals surface area contributed by atoms with E-state index >= 15 is 0 Å². The summed E-state index contributed by atoms with van der Waals surface area (Å²) in [4.78, 5) is 17.2. The first kappa shape index (κ1) is 19.5. The molecular weight excluding hydrogens is 354 g/mol. The van der Waals surface area contributed by atoms with E-state index in [0.717, 1.165) is 17.0 Å². The van der Waals surface area contributed by atoms with E-state index < -0.39 is 6.04 Å². The molecule has 1 N–H and O–H groups in total. The second-order valence-corrected chi connectivity index (χ2v) is 6.71. The van der Waals surface area contributed by atoms with E-state index in [4.69, 9.17) is 9.47 Å². The van der Waals surface area contributed by atoms with Crippen molar-refractivity contribution in [2.24, 2.45) is 7.05 Å². The molecule has 0 saturated carbocycles. The largest absolute Gasteiger partial charge is 0.497 e. The van der Waals surface area contributed by atoms with Crippen LogP contribution in [0.4, 0.5) is 0 Å². The normalized spacial score (nSPS) is 11.7. The summed E-state index contributed by atoms with van der Waals surface area (Å²) in [6.45, 7) is 2.02. The van der Waals surface area contributed by atoms with E-state index in [-0.39, 0.29) is 5.91 Å². The highest BCUT2D eigenvalue weighted by Crippen LogP contribution is 2.29. The van der Waals surface area contributed by atoms with Crippen molar-refractivity contribution < 1.29 is 14.3 Å². The van der Waals surface area contributed by atoms with Gasteiger partial charge in [-0.3, -0.25) is 4.79 Å². The van der Waals surface area contributed by atoms with E-state index in [1.165, 1.54) is 5.56 Å². The number of carbonyl (C=O) groups excluding carboxylic acids is 1. The van der Waals surface area contributed by atoms with Gasteiger partial charge in [-0.25, -0.2) is 4.98 Å². The number of amides is 1. The van der Waals surface area contributed by atoms with Gasteiger partial charge in [-0.05, 0) is 30.2 Å². The SMILES string of the molecule is COc1cc(OC)cc([C@H](NC(=O)Cc2ccc(C)cc2)c2nccn2C)c1. The first-order valence-corrected chi connectivity index (χ1v) is 9.05. The summed E-state index contributed by atoms with van der Waals surface area (Å²) in [6.07, 6.45) is 3.86. The molecular formula is C22H25N3O3. The molecule has 0 aliphatic carbocycles. The zero-order valence-electron chi connectivity index (χ0n) is 16.6. The van der Waals surface area contributed by atoms with Crippen molar-refractivity contribution in [2.45, 2.75) is 19.4 Å². The van der Waals surface area contributed by atoms with Crippen molar-refractivity contribution in [2.75, 3.05) is 14.2 Å². The van der Waals surface area contributed by atoms with Crippen LogP contribution in [0.25, 0.3) is 0 Å². The molecule has 0 saturated heterocycles. The van der Waals surface area contributed by atoms with Crippen molar-refractivity contribution in [3.8, 4) is 11.5 Å². The minimum Gasteiger partial charge on any atom is -0.497 e. The predicted octanol–water partition coefficient (Wildman–Crippen LogP) is 3.19. The molecule has 1 amide bonds. The van der Waals surface area contributed by atoms with Crippen molar-refractivity contribution >= 4 is 5.91 Å². The van der Waals surface area contributed by atoms with Crippen LogP contribution in [0.2, 0.25) is 0 Å². The summed E-state index contributed by atoms with van der Waals surface area (Å²) in [5.41, 5.74) is 2.96. The lowest BCUT2D eigenvalue weighted by molar-refractivity contribution is -0.121. The Morgan fingerprint density at radius 1 is 1.11 bits per heavy atom. The van der Waals surface area contributed by atoms with Gasteiger partial charge >= 0.3 is 0 Å². The third kappa shape index (κ3) is 4.52. The predicted molar refractivity (Wildman–Crippen MR) is 108 cm³/mol. The quantitative estimate of drug-likeness (QED) is 0.685. The molecule has 2 aromatic carbocycles. The highest BCUT2D eigenvalue weighted by molar-refractivity contribution is 5.79. The fraction of sp³-hybridized carbons (Fsp3) is 0.273. The summed E-state index contributed by atoms with van der Waals surface area (Å²) < 4.78 is 12.7. The second kappa shape index (κ2) is 8.61. The van der Waals surface area contributed by atoms with Gasteiger partial charge in [0.25, 0.3) is 0 Å². The molecule has 3 aromatic rings. The average molecular weight is 379 g/mol. The van der Waals surface area contributed by atoms with Crippen LogP contribution in [0.1, 0.15) is 28.6 Å². The van der Waals surface area contributed by atoms with Crippen molar-refractivity contribution in [1.29, 1.82) is 0 Å². The Labute approximate surface area is 165 Å². The monoisotopic (exact) mass is 379 g/mol. The summed E-state index contributed by atoms with van der Waals surface area (Å²) in [7, 11) is 5.10. The van der Waals surface area contributed by atoms with Crippen LogP contribution in [0.3, 0.4) is 0 Å². The Bertz CT molecular complexity index is 926. The number of ether oxygens (including phenoxy) is 2. The van der Waals surface area contributed by atoms with Gasteiger partial charge in [-0.2, -0.15) is 0 Å². The topological polar surface area (TPSA) is 65.4 Å². The number of aryl methyl sites for hydroxylation is 2. The van der Waals surface area contributed by atoms with Crippen LogP contribution in [0, 0.1) is 6.92 Å². The third-order valence-electron chi connectivity index (χ3n) is 4.61. The lowest BCUT2D eigenvalue weighted by Crippen LogP contribution is -2.32. The number of nitrogens with one attached hydrogen (secondary N) is 1. The summed E-state index contributed by atoms with van der Waals surface area (Å²) in [6, 6.07) is 13.1. The van der Waals surface area contributed by atoms with Crippen molar-refractivity contribution in [3.63, 3.8) is 0 Å². The van der Waals surface area contributed by atoms with E-state index in [0.29, 0.717) is 17.9 Å². The van der Waals surface area contributed by atoms with E-state index in [1.54, 1.807) is 26.5 Å². The van der Waals surface area contributed by atoms with E-state index in [2.05, 4.69) is 10.3 Å². The van der Waals surface area contributed by atoms with Gasteiger partial charge in [-0.1, -0.05) is 29.8 Å². The van der Waals surface area contributed by atoms with Gasteiger partial charge in [-0.15, -0.1) is 0 Å². The molecule has 0 fully saturated rings. The minimum absolute atomic E-state index is 0.0846. The van der Waals surface area contributed by atoms with E-state index in [9.17, 15) is 4.79 Å². The van der Waals surface area contributed by atoms with Gasteiger partial charge in [0, 0.05) is 25.5 Å². The van der Waals surface area contributed by atoms with E-state index in [1.807, 2.05) is 61.1 Å². The van der Waals surface area contributed by atoms with Crippen LogP contribution < -0.4 is 14.8 Å².